The standard InChI is InChI=1S/C30H31ClN6O/c1-5-32-28(38)17-26-30-35-34-19(2)37(30)27-15-12-23(21-8-6-20(7-9-21)18-36(3)4)16-25(27)29(33-26)22-10-13-24(31)14-11-22/h6-16,26H,5,17-18H2,1-4H3,(H,32,38)/t26-/m0/s1. The Hall–Kier alpha value is -3.81. The normalized spacial score (nSPS) is 14.5. The highest BCUT2D eigenvalue weighted by atomic mass is 35.5. The molecule has 3 aromatic carbocycles. The van der Waals surface area contributed by atoms with Crippen molar-refractivity contribution >= 4 is 23.2 Å². The fraction of sp³-hybridized carbons (Fsp3) is 0.267. The maximum absolute atomic E-state index is 12.7. The summed E-state index contributed by atoms with van der Waals surface area (Å²) in [5, 5.41) is 12.4. The summed E-state index contributed by atoms with van der Waals surface area (Å²) in [5.74, 6) is 1.32. The number of benzene rings is 3. The smallest absolute Gasteiger partial charge is 0.222 e. The van der Waals surface area contributed by atoms with Crippen molar-refractivity contribution in [1.82, 2.24) is 25.0 Å². The molecule has 8 heteroatoms. The van der Waals surface area contributed by atoms with Crippen LogP contribution in [0.5, 0.6) is 0 Å². The number of amides is 1. The third-order valence-electron chi connectivity index (χ3n) is 6.58. The van der Waals surface area contributed by atoms with E-state index in [4.69, 9.17) is 16.6 Å². The molecule has 0 spiro atoms. The zero-order chi connectivity index (χ0) is 26.8. The Bertz CT molecular complexity index is 1490. The molecular formula is C30H31ClN6O. The van der Waals surface area contributed by atoms with Gasteiger partial charge in [0.1, 0.15) is 11.9 Å². The molecule has 194 valence electrons. The van der Waals surface area contributed by atoms with Gasteiger partial charge in [-0.25, -0.2) is 0 Å². The van der Waals surface area contributed by atoms with E-state index in [0.717, 1.165) is 46.0 Å². The molecule has 1 amide bonds. The van der Waals surface area contributed by atoms with Gasteiger partial charge < -0.3 is 10.2 Å². The van der Waals surface area contributed by atoms with Gasteiger partial charge in [0.25, 0.3) is 0 Å². The topological polar surface area (TPSA) is 75.4 Å². The second-order valence-corrected chi connectivity index (χ2v) is 10.2. The minimum absolute atomic E-state index is 0.0756. The van der Waals surface area contributed by atoms with E-state index in [9.17, 15) is 4.79 Å². The second kappa shape index (κ2) is 10.9. The van der Waals surface area contributed by atoms with E-state index in [1.165, 1.54) is 5.56 Å². The monoisotopic (exact) mass is 526 g/mol. The first-order chi connectivity index (χ1) is 18.3. The predicted molar refractivity (Wildman–Crippen MR) is 152 cm³/mol. The average molecular weight is 527 g/mol. The molecule has 1 aliphatic heterocycles. The highest BCUT2D eigenvalue weighted by molar-refractivity contribution is 6.30. The van der Waals surface area contributed by atoms with Crippen LogP contribution in [0.15, 0.2) is 71.7 Å². The maximum Gasteiger partial charge on any atom is 0.222 e. The summed E-state index contributed by atoms with van der Waals surface area (Å²) in [5.41, 5.74) is 7.06. The molecule has 0 fully saturated rings. The summed E-state index contributed by atoms with van der Waals surface area (Å²) in [4.78, 5) is 20.0. The lowest BCUT2D eigenvalue weighted by Gasteiger charge is -2.15. The number of halogens is 1. The van der Waals surface area contributed by atoms with E-state index >= 15 is 0 Å². The highest BCUT2D eigenvalue weighted by Gasteiger charge is 2.29. The molecule has 7 nitrogen and oxygen atoms in total. The first kappa shape index (κ1) is 25.8. The average Bonchev–Trinajstić information content (AvgIpc) is 3.22. The number of nitrogens with one attached hydrogen (secondary N) is 1. The Kier molecular flexibility index (Phi) is 7.40. The molecule has 0 bridgehead atoms. The fourth-order valence-electron chi connectivity index (χ4n) is 4.86. The number of fused-ring (bicyclic) bond motifs is 3. The molecule has 0 aliphatic carbocycles. The zero-order valence-corrected chi connectivity index (χ0v) is 22.8. The van der Waals surface area contributed by atoms with Crippen molar-refractivity contribution in [3.05, 3.63) is 100 Å². The number of nitrogens with zero attached hydrogens (tertiary/aromatic N) is 5. The van der Waals surface area contributed by atoms with Crippen LogP contribution >= 0.6 is 11.6 Å². The van der Waals surface area contributed by atoms with Gasteiger partial charge in [-0.05, 0) is 68.9 Å². The van der Waals surface area contributed by atoms with Crippen LogP contribution in [0, 0.1) is 6.92 Å². The van der Waals surface area contributed by atoms with Crippen molar-refractivity contribution in [2.45, 2.75) is 32.9 Å². The summed E-state index contributed by atoms with van der Waals surface area (Å²) < 4.78 is 2.02. The van der Waals surface area contributed by atoms with E-state index in [1.54, 1.807) is 0 Å². The Morgan fingerprint density at radius 1 is 0.974 bits per heavy atom. The van der Waals surface area contributed by atoms with Crippen molar-refractivity contribution in [2.24, 2.45) is 4.99 Å². The largest absolute Gasteiger partial charge is 0.356 e. The van der Waals surface area contributed by atoms with Crippen LogP contribution < -0.4 is 5.32 Å². The highest BCUT2D eigenvalue weighted by Crippen LogP contribution is 2.35. The van der Waals surface area contributed by atoms with E-state index in [-0.39, 0.29) is 12.3 Å². The Balaban J connectivity index is 1.68. The molecule has 0 radical (unpaired) electrons. The van der Waals surface area contributed by atoms with Crippen molar-refractivity contribution in [3.8, 4) is 16.8 Å². The fourth-order valence-corrected chi connectivity index (χ4v) is 4.99. The first-order valence-electron chi connectivity index (χ1n) is 12.7. The quantitative estimate of drug-likeness (QED) is 0.351. The van der Waals surface area contributed by atoms with Gasteiger partial charge in [0.2, 0.25) is 5.91 Å². The first-order valence-corrected chi connectivity index (χ1v) is 13.1. The van der Waals surface area contributed by atoms with Crippen molar-refractivity contribution in [2.75, 3.05) is 20.6 Å². The number of aromatic nitrogens is 3. The molecular weight excluding hydrogens is 496 g/mol. The summed E-state index contributed by atoms with van der Waals surface area (Å²) in [7, 11) is 4.14. The lowest BCUT2D eigenvalue weighted by atomic mass is 9.95. The Morgan fingerprint density at radius 3 is 2.34 bits per heavy atom. The predicted octanol–water partition coefficient (Wildman–Crippen LogP) is 5.38. The molecule has 38 heavy (non-hydrogen) atoms. The second-order valence-electron chi connectivity index (χ2n) is 9.77. The van der Waals surface area contributed by atoms with Crippen LogP contribution in [-0.2, 0) is 11.3 Å². The van der Waals surface area contributed by atoms with Crippen LogP contribution in [0.25, 0.3) is 16.8 Å². The van der Waals surface area contributed by atoms with Crippen molar-refractivity contribution < 1.29 is 4.79 Å². The molecule has 4 aromatic rings. The van der Waals surface area contributed by atoms with Gasteiger partial charge in [0.15, 0.2) is 5.82 Å². The minimum Gasteiger partial charge on any atom is -0.356 e. The molecule has 2 heterocycles. The summed E-state index contributed by atoms with van der Waals surface area (Å²) in [6.07, 6.45) is 0.178. The van der Waals surface area contributed by atoms with Crippen molar-refractivity contribution in [3.63, 3.8) is 0 Å². The van der Waals surface area contributed by atoms with Crippen LogP contribution in [-0.4, -0.2) is 51.9 Å². The van der Waals surface area contributed by atoms with Crippen LogP contribution in [0.4, 0.5) is 0 Å². The van der Waals surface area contributed by atoms with Gasteiger partial charge in [-0.2, -0.15) is 0 Å². The maximum atomic E-state index is 12.7. The third kappa shape index (κ3) is 5.26. The van der Waals surface area contributed by atoms with Gasteiger partial charge in [0.05, 0.1) is 17.8 Å². The Morgan fingerprint density at radius 2 is 1.66 bits per heavy atom. The minimum atomic E-state index is -0.491. The number of carbonyl (C=O) groups is 1. The number of hydrogen-bond donors (Lipinski definition) is 1. The molecule has 5 rings (SSSR count). The number of carbonyl (C=O) groups excluding carboxylic acids is 1. The number of rotatable bonds is 7. The van der Waals surface area contributed by atoms with E-state index in [0.29, 0.717) is 17.4 Å². The summed E-state index contributed by atoms with van der Waals surface area (Å²) in [6.45, 7) is 5.28. The molecule has 1 aromatic heterocycles. The molecule has 0 saturated heterocycles. The number of aliphatic imine (C=N–C) groups is 1. The van der Waals surface area contributed by atoms with Crippen molar-refractivity contribution in [1.29, 1.82) is 0 Å². The lowest BCUT2D eigenvalue weighted by Crippen LogP contribution is -2.25. The molecule has 0 saturated carbocycles. The SMILES string of the molecule is CCNC(=O)C[C@@H]1N=C(c2ccc(Cl)cc2)c2cc(-c3ccc(CN(C)C)cc3)ccc2-n2c(C)nnc21. The van der Waals surface area contributed by atoms with Crippen LogP contribution in [0.2, 0.25) is 5.02 Å². The van der Waals surface area contributed by atoms with E-state index in [1.807, 2.05) is 42.7 Å². The Labute approximate surface area is 228 Å². The molecule has 0 unspecified atom stereocenters. The van der Waals surface area contributed by atoms with Crippen LogP contribution in [0.3, 0.4) is 0 Å². The summed E-state index contributed by atoms with van der Waals surface area (Å²) >= 11 is 6.22. The van der Waals surface area contributed by atoms with Gasteiger partial charge in [0, 0.05) is 29.2 Å². The number of aryl methyl sites for hydroxylation is 1. The third-order valence-corrected chi connectivity index (χ3v) is 6.83. The lowest BCUT2D eigenvalue weighted by molar-refractivity contribution is -0.121. The van der Waals surface area contributed by atoms with E-state index in [2.05, 4.69) is 77.0 Å². The van der Waals surface area contributed by atoms with Gasteiger partial charge in [-0.3, -0.25) is 14.4 Å². The molecule has 1 aliphatic rings. The van der Waals surface area contributed by atoms with Crippen LogP contribution in [0.1, 0.15) is 47.7 Å². The molecule has 1 N–H and O–H groups in total. The van der Waals surface area contributed by atoms with Gasteiger partial charge in [-0.15, -0.1) is 10.2 Å². The number of hydrogen-bond acceptors (Lipinski definition) is 5. The zero-order valence-electron chi connectivity index (χ0n) is 22.1. The van der Waals surface area contributed by atoms with Gasteiger partial charge in [-0.1, -0.05) is 54.1 Å². The summed E-state index contributed by atoms with van der Waals surface area (Å²) in [6, 6.07) is 22.2. The van der Waals surface area contributed by atoms with E-state index < -0.39 is 6.04 Å². The molecule has 1 atom stereocenters. The van der Waals surface area contributed by atoms with Gasteiger partial charge >= 0.3 is 0 Å².